The number of allylic oxidation sites excluding steroid dienone is 1. The van der Waals surface area contributed by atoms with Crippen LogP contribution in [0.15, 0.2) is 41.8 Å². The molecule has 1 aromatic rings. The van der Waals surface area contributed by atoms with Gasteiger partial charge in [-0.15, -0.1) is 9.24 Å². The van der Waals surface area contributed by atoms with Crippen LogP contribution in [0, 0.1) is 11.7 Å². The number of benzene rings is 1. The molecule has 4 N–H and O–H groups in total. The van der Waals surface area contributed by atoms with Gasteiger partial charge in [0.1, 0.15) is 17.4 Å². The first-order chi connectivity index (χ1) is 16.6. The molecule has 2 aliphatic rings. The molecule has 190 valence electrons. The minimum Gasteiger partial charge on any atom is -0.508 e. The first kappa shape index (κ1) is 26.8. The minimum absolute atomic E-state index is 0.143. The molecular formula is C25H34FN4O4P. The zero-order chi connectivity index (χ0) is 25.7. The van der Waals surface area contributed by atoms with E-state index in [0.717, 1.165) is 30.6 Å². The van der Waals surface area contributed by atoms with Gasteiger partial charge in [0, 0.05) is 41.6 Å². The van der Waals surface area contributed by atoms with Gasteiger partial charge in [0.15, 0.2) is 0 Å². The highest BCUT2D eigenvalue weighted by molar-refractivity contribution is 7.27. The van der Waals surface area contributed by atoms with Crippen LogP contribution in [0.2, 0.25) is 0 Å². The highest BCUT2D eigenvalue weighted by Crippen LogP contribution is 2.37. The summed E-state index contributed by atoms with van der Waals surface area (Å²) < 4.78 is 14.4. The summed E-state index contributed by atoms with van der Waals surface area (Å²) in [5, 5.41) is 19.5. The van der Waals surface area contributed by atoms with Gasteiger partial charge in [0.05, 0.1) is 6.04 Å². The third kappa shape index (κ3) is 6.27. The first-order valence-electron chi connectivity index (χ1n) is 11.9. The van der Waals surface area contributed by atoms with E-state index in [-0.39, 0.29) is 35.6 Å². The van der Waals surface area contributed by atoms with Crippen LogP contribution in [0.1, 0.15) is 57.6 Å². The Labute approximate surface area is 207 Å². The fourth-order valence-electron chi connectivity index (χ4n) is 4.75. The Morgan fingerprint density at radius 3 is 2.51 bits per heavy atom. The molecule has 4 amide bonds. The Morgan fingerprint density at radius 1 is 1.26 bits per heavy atom. The minimum atomic E-state index is -1.04. The van der Waals surface area contributed by atoms with Gasteiger partial charge in [0.25, 0.3) is 0 Å². The van der Waals surface area contributed by atoms with Crippen molar-refractivity contribution in [3.8, 4) is 0 Å². The number of imide groups is 1. The zero-order valence-corrected chi connectivity index (χ0v) is 21.4. The van der Waals surface area contributed by atoms with Crippen LogP contribution in [0.5, 0.6) is 0 Å². The number of halogens is 1. The van der Waals surface area contributed by atoms with Crippen molar-refractivity contribution >= 4 is 32.4 Å². The molecule has 0 radical (unpaired) electrons. The van der Waals surface area contributed by atoms with E-state index >= 15 is 0 Å². The number of carbonyl (C=O) groups excluding carboxylic acids is 3. The standard InChI is InChI=1S/C25H34FN4O4P/c1-4-20-22(15(3)32)23(17-7-10-21(35)19(26)13-17)30(25(34)29-20)24(33)28-12-11-27-18-8-5-16(6-9-18)14(2)31/h7,10,13,16,18,23,27,32H,3-6,8-9,11-12,35H2,1-2H3,(H,28,33)(H,29,34). The number of aliphatic hydroxyl groups excluding tert-OH is 1. The molecule has 0 saturated heterocycles. The van der Waals surface area contributed by atoms with Gasteiger partial charge in [-0.3, -0.25) is 4.79 Å². The maximum absolute atomic E-state index is 14.4. The molecular weight excluding hydrogens is 470 g/mol. The fourth-order valence-corrected chi connectivity index (χ4v) is 4.93. The monoisotopic (exact) mass is 504 g/mol. The lowest BCUT2D eigenvalue weighted by Gasteiger charge is -2.37. The second-order valence-electron chi connectivity index (χ2n) is 9.02. The first-order valence-corrected chi connectivity index (χ1v) is 12.5. The number of carbonyl (C=O) groups is 3. The summed E-state index contributed by atoms with van der Waals surface area (Å²) in [4.78, 5) is 38.6. The molecule has 8 nitrogen and oxygen atoms in total. The lowest BCUT2D eigenvalue weighted by Crippen LogP contribution is -2.54. The SMILES string of the molecule is C=C(O)C1=C(CC)NC(=O)N(C(=O)NCCNC2CCC(C(C)=O)CC2)C1c1ccc(P)c(F)c1. The molecule has 0 aromatic heterocycles. The highest BCUT2D eigenvalue weighted by atomic mass is 31.0. The van der Waals surface area contributed by atoms with E-state index in [1.807, 2.05) is 0 Å². The highest BCUT2D eigenvalue weighted by Gasteiger charge is 2.40. The van der Waals surface area contributed by atoms with Gasteiger partial charge in [-0.05, 0) is 50.7 Å². The molecule has 0 bridgehead atoms. The van der Waals surface area contributed by atoms with Crippen molar-refractivity contribution in [1.29, 1.82) is 0 Å². The predicted octanol–water partition coefficient (Wildman–Crippen LogP) is 3.58. The van der Waals surface area contributed by atoms with E-state index in [2.05, 4.69) is 31.8 Å². The Kier molecular flexibility index (Phi) is 9.03. The smallest absolute Gasteiger partial charge is 0.330 e. The number of amides is 4. The quantitative estimate of drug-likeness (QED) is 0.246. The lowest BCUT2D eigenvalue weighted by molar-refractivity contribution is -0.121. The fraction of sp³-hybridized carbons (Fsp3) is 0.480. The van der Waals surface area contributed by atoms with E-state index in [1.165, 1.54) is 12.1 Å². The summed E-state index contributed by atoms with van der Waals surface area (Å²) in [5.41, 5.74) is 1.03. The number of Topliss-reactive ketones (excluding diaryl/α,β-unsaturated/α-hetero) is 1. The zero-order valence-electron chi connectivity index (χ0n) is 20.2. The van der Waals surface area contributed by atoms with Crippen LogP contribution < -0.4 is 21.3 Å². The van der Waals surface area contributed by atoms with Crippen molar-refractivity contribution in [2.24, 2.45) is 5.92 Å². The van der Waals surface area contributed by atoms with Crippen molar-refractivity contribution in [3.63, 3.8) is 0 Å². The van der Waals surface area contributed by atoms with Crippen molar-refractivity contribution in [2.45, 2.75) is 58.0 Å². The molecule has 0 spiro atoms. The van der Waals surface area contributed by atoms with Crippen LogP contribution in [0.4, 0.5) is 14.0 Å². The molecule has 10 heteroatoms. The van der Waals surface area contributed by atoms with Crippen LogP contribution in [0.3, 0.4) is 0 Å². The van der Waals surface area contributed by atoms with Gasteiger partial charge >= 0.3 is 12.1 Å². The van der Waals surface area contributed by atoms with E-state index in [0.29, 0.717) is 29.5 Å². The molecule has 1 heterocycles. The third-order valence-electron chi connectivity index (χ3n) is 6.69. The van der Waals surface area contributed by atoms with Gasteiger partial charge in [-0.2, -0.15) is 0 Å². The number of hydrogen-bond acceptors (Lipinski definition) is 5. The van der Waals surface area contributed by atoms with E-state index in [1.54, 1.807) is 19.9 Å². The molecule has 1 aliphatic carbocycles. The van der Waals surface area contributed by atoms with Crippen molar-refractivity contribution in [2.75, 3.05) is 13.1 Å². The summed E-state index contributed by atoms with van der Waals surface area (Å²) in [6, 6.07) is 2.31. The molecule has 1 aromatic carbocycles. The largest absolute Gasteiger partial charge is 0.508 e. The number of ketones is 1. The molecule has 2 unspecified atom stereocenters. The average molecular weight is 505 g/mol. The number of rotatable bonds is 8. The predicted molar refractivity (Wildman–Crippen MR) is 136 cm³/mol. The van der Waals surface area contributed by atoms with Crippen molar-refractivity contribution in [3.05, 3.63) is 53.2 Å². The van der Waals surface area contributed by atoms with Gasteiger partial charge < -0.3 is 21.1 Å². The summed E-state index contributed by atoms with van der Waals surface area (Å²) in [6.45, 7) is 7.81. The van der Waals surface area contributed by atoms with Crippen LogP contribution >= 0.6 is 9.24 Å². The summed E-state index contributed by atoms with van der Waals surface area (Å²) in [6.07, 6.45) is 3.91. The number of hydrogen-bond donors (Lipinski definition) is 4. The Morgan fingerprint density at radius 2 is 1.94 bits per heavy atom. The number of aliphatic hydroxyl groups is 1. The van der Waals surface area contributed by atoms with Crippen molar-refractivity contribution in [1.82, 2.24) is 20.9 Å². The number of urea groups is 2. The van der Waals surface area contributed by atoms with Crippen molar-refractivity contribution < 1.29 is 23.9 Å². The van der Waals surface area contributed by atoms with Gasteiger partial charge in [-0.1, -0.05) is 25.6 Å². The second kappa shape index (κ2) is 11.8. The van der Waals surface area contributed by atoms with E-state index in [4.69, 9.17) is 0 Å². The molecule has 35 heavy (non-hydrogen) atoms. The summed E-state index contributed by atoms with van der Waals surface area (Å²) in [7, 11) is 2.28. The second-order valence-corrected chi connectivity index (χ2v) is 9.64. The number of nitrogens with zero attached hydrogens (tertiary/aromatic N) is 1. The van der Waals surface area contributed by atoms with Gasteiger partial charge in [-0.25, -0.2) is 18.9 Å². The molecule has 3 rings (SSSR count). The topological polar surface area (TPSA) is 111 Å². The normalized spacial score (nSPS) is 22.6. The summed E-state index contributed by atoms with van der Waals surface area (Å²) in [5.74, 6) is -0.433. The molecule has 1 aliphatic heterocycles. The third-order valence-corrected chi connectivity index (χ3v) is 7.16. The molecule has 2 atom stereocenters. The summed E-state index contributed by atoms with van der Waals surface area (Å²) >= 11 is 0. The van der Waals surface area contributed by atoms with Crippen LogP contribution in [-0.4, -0.2) is 47.0 Å². The van der Waals surface area contributed by atoms with Crippen LogP contribution in [0.25, 0.3) is 0 Å². The average Bonchev–Trinajstić information content (AvgIpc) is 2.82. The Hall–Kier alpha value is -2.77. The lowest BCUT2D eigenvalue weighted by atomic mass is 9.84. The van der Waals surface area contributed by atoms with Crippen LogP contribution in [-0.2, 0) is 4.79 Å². The van der Waals surface area contributed by atoms with Gasteiger partial charge in [0.2, 0.25) is 0 Å². The van der Waals surface area contributed by atoms with E-state index < -0.39 is 23.9 Å². The molecule has 1 fully saturated rings. The Bertz CT molecular complexity index is 1040. The number of nitrogens with one attached hydrogen (secondary N) is 3. The van der Waals surface area contributed by atoms with E-state index in [9.17, 15) is 23.9 Å². The maximum atomic E-state index is 14.4. The Balaban J connectivity index is 1.72. The maximum Gasteiger partial charge on any atom is 0.330 e. The molecule has 1 saturated carbocycles.